The minimum Gasteiger partial charge on any atom is -0.371 e. The Bertz CT molecular complexity index is 503. The van der Waals surface area contributed by atoms with Crippen molar-refractivity contribution < 1.29 is 0 Å². The van der Waals surface area contributed by atoms with E-state index >= 15 is 0 Å². The maximum Gasteiger partial charge on any atom is 0.156 e. The maximum absolute atomic E-state index is 4.33. The molecule has 0 atom stereocenters. The van der Waals surface area contributed by atoms with Gasteiger partial charge < -0.3 is 5.32 Å². The summed E-state index contributed by atoms with van der Waals surface area (Å²) in [6.45, 7) is 0. The van der Waals surface area contributed by atoms with E-state index in [1.807, 2.05) is 13.1 Å². The van der Waals surface area contributed by atoms with E-state index in [9.17, 15) is 0 Å². The average Bonchev–Trinajstić information content (AvgIpc) is 3.11. The number of anilines is 1. The highest BCUT2D eigenvalue weighted by molar-refractivity contribution is 5.93. The number of fused-ring (bicyclic) bond motifs is 1. The Morgan fingerprint density at radius 2 is 1.87 bits per heavy atom. The zero-order valence-electron chi connectivity index (χ0n) is 8.70. The van der Waals surface area contributed by atoms with E-state index in [0.29, 0.717) is 5.92 Å². The molecule has 3 nitrogen and oxygen atoms in total. The smallest absolute Gasteiger partial charge is 0.156 e. The monoisotopic (exact) mass is 199 g/mol. The molecule has 2 aromatic rings. The first kappa shape index (κ1) is 8.65. The molecule has 1 N–H and O–H groups in total. The molecule has 1 aromatic carbocycles. The second-order valence-corrected chi connectivity index (χ2v) is 4.00. The number of hydrogen-bond acceptors (Lipinski definition) is 3. The lowest BCUT2D eigenvalue weighted by atomic mass is 10.1. The van der Waals surface area contributed by atoms with Gasteiger partial charge in [-0.1, -0.05) is 24.3 Å². The topological polar surface area (TPSA) is 37.8 Å². The van der Waals surface area contributed by atoms with E-state index < -0.39 is 0 Å². The van der Waals surface area contributed by atoms with E-state index in [2.05, 4.69) is 33.7 Å². The number of nitrogens with zero attached hydrogens (tertiary/aromatic N) is 2. The van der Waals surface area contributed by atoms with Crippen LogP contribution in [0.2, 0.25) is 0 Å². The van der Waals surface area contributed by atoms with Gasteiger partial charge in [0.15, 0.2) is 5.82 Å². The van der Waals surface area contributed by atoms with Crippen LogP contribution in [0.3, 0.4) is 0 Å². The van der Waals surface area contributed by atoms with Gasteiger partial charge in [0.05, 0.1) is 5.69 Å². The van der Waals surface area contributed by atoms with Crippen LogP contribution in [0.15, 0.2) is 24.3 Å². The summed E-state index contributed by atoms with van der Waals surface area (Å²) in [5.74, 6) is 1.52. The molecule has 1 aliphatic rings. The number of benzene rings is 1. The van der Waals surface area contributed by atoms with E-state index in [1.54, 1.807) is 0 Å². The quantitative estimate of drug-likeness (QED) is 0.807. The molecule has 0 aliphatic heterocycles. The molecule has 1 aromatic heterocycles. The fourth-order valence-corrected chi connectivity index (χ4v) is 1.97. The first-order chi connectivity index (χ1) is 7.40. The van der Waals surface area contributed by atoms with Crippen molar-refractivity contribution in [3.8, 4) is 0 Å². The third-order valence-corrected chi connectivity index (χ3v) is 2.92. The minimum absolute atomic E-state index is 0.647. The zero-order valence-corrected chi connectivity index (χ0v) is 8.70. The van der Waals surface area contributed by atoms with Crippen LogP contribution in [0.5, 0.6) is 0 Å². The van der Waals surface area contributed by atoms with Gasteiger partial charge in [-0.2, -0.15) is 5.10 Å². The van der Waals surface area contributed by atoms with Crippen LogP contribution in [-0.2, 0) is 0 Å². The van der Waals surface area contributed by atoms with Gasteiger partial charge in [-0.25, -0.2) is 0 Å². The summed E-state index contributed by atoms with van der Waals surface area (Å²) < 4.78 is 0. The molecule has 0 spiro atoms. The van der Waals surface area contributed by atoms with Crippen LogP contribution in [0.1, 0.15) is 24.5 Å². The van der Waals surface area contributed by atoms with Gasteiger partial charge in [0.2, 0.25) is 0 Å². The Labute approximate surface area is 88.5 Å². The molecule has 0 bridgehead atoms. The Morgan fingerprint density at radius 1 is 1.13 bits per heavy atom. The Hall–Kier alpha value is -1.64. The first-order valence-electron chi connectivity index (χ1n) is 5.33. The van der Waals surface area contributed by atoms with E-state index in [-0.39, 0.29) is 0 Å². The second-order valence-electron chi connectivity index (χ2n) is 4.00. The molecule has 3 rings (SSSR count). The van der Waals surface area contributed by atoms with Crippen molar-refractivity contribution >= 4 is 16.6 Å². The summed E-state index contributed by atoms with van der Waals surface area (Å²) in [5.41, 5.74) is 1.17. The molecule has 0 saturated heterocycles. The maximum atomic E-state index is 4.33. The fourth-order valence-electron chi connectivity index (χ4n) is 1.97. The van der Waals surface area contributed by atoms with Gasteiger partial charge in [-0.3, -0.25) is 0 Å². The lowest BCUT2D eigenvalue weighted by molar-refractivity contribution is 0.933. The Balaban J connectivity index is 2.30. The molecule has 1 aliphatic carbocycles. The van der Waals surface area contributed by atoms with Crippen molar-refractivity contribution in [1.82, 2.24) is 10.2 Å². The number of aromatic nitrogens is 2. The van der Waals surface area contributed by atoms with Crippen LogP contribution in [-0.4, -0.2) is 17.2 Å². The molecule has 1 saturated carbocycles. The number of hydrogen-bond donors (Lipinski definition) is 1. The molecule has 1 fully saturated rings. The van der Waals surface area contributed by atoms with Crippen LogP contribution >= 0.6 is 0 Å². The third-order valence-electron chi connectivity index (χ3n) is 2.92. The van der Waals surface area contributed by atoms with Crippen LogP contribution in [0.25, 0.3) is 10.8 Å². The summed E-state index contributed by atoms with van der Waals surface area (Å²) >= 11 is 0. The van der Waals surface area contributed by atoms with Gasteiger partial charge >= 0.3 is 0 Å². The van der Waals surface area contributed by atoms with Crippen molar-refractivity contribution in [2.45, 2.75) is 18.8 Å². The second kappa shape index (κ2) is 3.19. The van der Waals surface area contributed by atoms with Crippen molar-refractivity contribution in [3.63, 3.8) is 0 Å². The summed E-state index contributed by atoms with van der Waals surface area (Å²) in [6, 6.07) is 8.34. The number of nitrogens with one attached hydrogen (secondary N) is 1. The summed E-state index contributed by atoms with van der Waals surface area (Å²) in [5, 5.41) is 14.1. The number of rotatable bonds is 2. The minimum atomic E-state index is 0.647. The molecule has 0 radical (unpaired) electrons. The predicted octanol–water partition coefficient (Wildman–Crippen LogP) is 2.55. The largest absolute Gasteiger partial charge is 0.371 e. The fraction of sp³-hybridized carbons (Fsp3) is 0.333. The molecule has 15 heavy (non-hydrogen) atoms. The van der Waals surface area contributed by atoms with Gasteiger partial charge in [-0.15, -0.1) is 5.10 Å². The highest BCUT2D eigenvalue weighted by Crippen LogP contribution is 2.42. The van der Waals surface area contributed by atoms with E-state index in [1.165, 1.54) is 29.3 Å². The molecular weight excluding hydrogens is 186 g/mol. The highest BCUT2D eigenvalue weighted by atomic mass is 15.2. The molecule has 0 unspecified atom stereocenters. The zero-order chi connectivity index (χ0) is 10.3. The standard InChI is InChI=1S/C12H13N3/c1-13-12-10-5-3-2-4-9(10)11(14-15-12)8-6-7-8/h2-5,8H,6-7H2,1H3,(H,13,15). The van der Waals surface area contributed by atoms with Crippen LogP contribution in [0, 0.1) is 0 Å². The first-order valence-corrected chi connectivity index (χ1v) is 5.33. The average molecular weight is 199 g/mol. The SMILES string of the molecule is CNc1nnc(C2CC2)c2ccccc12. The van der Waals surface area contributed by atoms with Crippen molar-refractivity contribution in [2.75, 3.05) is 12.4 Å². The summed E-state index contributed by atoms with van der Waals surface area (Å²) in [7, 11) is 1.88. The van der Waals surface area contributed by atoms with E-state index in [4.69, 9.17) is 0 Å². The Morgan fingerprint density at radius 3 is 2.53 bits per heavy atom. The van der Waals surface area contributed by atoms with Crippen molar-refractivity contribution in [2.24, 2.45) is 0 Å². The normalized spacial score (nSPS) is 15.5. The molecule has 1 heterocycles. The lowest BCUT2D eigenvalue weighted by Crippen LogP contribution is -1.99. The van der Waals surface area contributed by atoms with Gasteiger partial charge in [0.1, 0.15) is 0 Å². The van der Waals surface area contributed by atoms with Crippen molar-refractivity contribution in [3.05, 3.63) is 30.0 Å². The summed E-state index contributed by atoms with van der Waals surface area (Å²) in [4.78, 5) is 0. The van der Waals surface area contributed by atoms with Crippen LogP contribution < -0.4 is 5.32 Å². The lowest BCUT2D eigenvalue weighted by Gasteiger charge is -2.07. The van der Waals surface area contributed by atoms with Gasteiger partial charge in [0.25, 0.3) is 0 Å². The highest BCUT2D eigenvalue weighted by Gasteiger charge is 2.27. The van der Waals surface area contributed by atoms with Crippen molar-refractivity contribution in [1.29, 1.82) is 0 Å². The van der Waals surface area contributed by atoms with Gasteiger partial charge in [0, 0.05) is 23.7 Å². The van der Waals surface area contributed by atoms with Gasteiger partial charge in [-0.05, 0) is 12.8 Å². The molecule has 3 heteroatoms. The predicted molar refractivity (Wildman–Crippen MR) is 61.1 cm³/mol. The summed E-state index contributed by atoms with van der Waals surface area (Å²) in [6.07, 6.45) is 2.52. The third kappa shape index (κ3) is 1.35. The van der Waals surface area contributed by atoms with Crippen LogP contribution in [0.4, 0.5) is 5.82 Å². The molecular formula is C12H13N3. The Kier molecular flexibility index (Phi) is 1.84. The van der Waals surface area contributed by atoms with E-state index in [0.717, 1.165) is 5.82 Å². The molecule has 0 amide bonds. The molecule has 76 valence electrons.